The summed E-state index contributed by atoms with van der Waals surface area (Å²) in [6.45, 7) is 2.41. The number of hydrogen-bond donors (Lipinski definition) is 1. The fourth-order valence-electron chi connectivity index (χ4n) is 2.11. The number of ether oxygens (including phenoxy) is 1. The molecule has 22 heavy (non-hydrogen) atoms. The highest BCUT2D eigenvalue weighted by molar-refractivity contribution is 6.31. The topological polar surface area (TPSA) is 81.4 Å². The molecule has 0 aliphatic carbocycles. The van der Waals surface area contributed by atoms with Crippen LogP contribution in [0.3, 0.4) is 0 Å². The summed E-state index contributed by atoms with van der Waals surface area (Å²) in [7, 11) is 0. The lowest BCUT2D eigenvalue weighted by atomic mass is 10.2. The molecule has 7 nitrogen and oxygen atoms in total. The van der Waals surface area contributed by atoms with E-state index in [1.54, 1.807) is 18.2 Å². The number of halogens is 1. The number of nitrogens with one attached hydrogen (secondary N) is 1. The van der Waals surface area contributed by atoms with Gasteiger partial charge in [0.2, 0.25) is 5.65 Å². The predicted molar refractivity (Wildman–Crippen MR) is 83.2 cm³/mol. The number of hydrogen-bond acceptors (Lipinski definition) is 5. The molecule has 0 saturated heterocycles. The highest BCUT2D eigenvalue weighted by Crippen LogP contribution is 2.25. The largest absolute Gasteiger partial charge is 0.449 e. The number of fused-ring (bicyclic) bond motifs is 3. The Morgan fingerprint density at radius 3 is 3.09 bits per heavy atom. The Bertz CT molecular complexity index is 833. The van der Waals surface area contributed by atoms with Crippen molar-refractivity contribution in [2.24, 2.45) is 0 Å². The molecular weight excluding hydrogens is 306 g/mol. The van der Waals surface area contributed by atoms with Gasteiger partial charge in [0.05, 0.1) is 17.8 Å². The van der Waals surface area contributed by atoms with Crippen LogP contribution in [0.1, 0.15) is 19.8 Å². The maximum atomic E-state index is 11.8. The van der Waals surface area contributed by atoms with Gasteiger partial charge < -0.3 is 4.74 Å². The third-order valence-electron chi connectivity index (χ3n) is 3.20. The lowest BCUT2D eigenvalue weighted by Crippen LogP contribution is -2.15. The maximum absolute atomic E-state index is 11.8. The van der Waals surface area contributed by atoms with E-state index in [2.05, 4.69) is 20.8 Å². The summed E-state index contributed by atoms with van der Waals surface area (Å²) in [5.41, 5.74) is 1.68. The van der Waals surface area contributed by atoms with E-state index in [1.165, 1.54) is 4.52 Å². The van der Waals surface area contributed by atoms with Gasteiger partial charge in [0.15, 0.2) is 0 Å². The van der Waals surface area contributed by atoms with Gasteiger partial charge in [-0.05, 0) is 35.0 Å². The summed E-state index contributed by atoms with van der Waals surface area (Å²) in [4.78, 5) is 11.8. The van der Waals surface area contributed by atoms with Crippen molar-refractivity contribution >= 4 is 39.9 Å². The van der Waals surface area contributed by atoms with Gasteiger partial charge in [0, 0.05) is 10.4 Å². The van der Waals surface area contributed by atoms with E-state index in [9.17, 15) is 4.79 Å². The second-order valence-corrected chi connectivity index (χ2v) is 5.23. The van der Waals surface area contributed by atoms with Crippen LogP contribution in [0, 0.1) is 0 Å². The van der Waals surface area contributed by atoms with Gasteiger partial charge >= 0.3 is 6.09 Å². The SMILES string of the molecule is CCCCOC(=O)Nc1cc2ccc(Cl)cc2n2nnnc12. The minimum atomic E-state index is -0.522. The smallest absolute Gasteiger partial charge is 0.411 e. The molecule has 114 valence electrons. The number of carbonyl (C=O) groups excluding carboxylic acids is 1. The molecule has 0 unspecified atom stereocenters. The summed E-state index contributed by atoms with van der Waals surface area (Å²) in [5.74, 6) is 0. The number of amides is 1. The van der Waals surface area contributed by atoms with Crippen molar-refractivity contribution in [3.63, 3.8) is 0 Å². The zero-order valence-corrected chi connectivity index (χ0v) is 12.7. The monoisotopic (exact) mass is 319 g/mol. The zero-order valence-electron chi connectivity index (χ0n) is 11.9. The number of anilines is 1. The summed E-state index contributed by atoms with van der Waals surface area (Å²) >= 11 is 6.01. The molecule has 0 bridgehead atoms. The standard InChI is InChI=1S/C14H14ClN5O2/c1-2-3-6-22-14(21)16-11-7-9-4-5-10(15)8-12(9)20-13(11)17-18-19-20/h4-5,7-8H,2-3,6H2,1H3,(H,16,21). The Morgan fingerprint density at radius 2 is 2.27 bits per heavy atom. The molecule has 2 aromatic heterocycles. The van der Waals surface area contributed by atoms with Gasteiger partial charge in [0.25, 0.3) is 0 Å². The third-order valence-corrected chi connectivity index (χ3v) is 3.43. The van der Waals surface area contributed by atoms with Crippen LogP contribution in [0.4, 0.5) is 10.5 Å². The molecule has 1 aromatic carbocycles. The van der Waals surface area contributed by atoms with E-state index in [4.69, 9.17) is 16.3 Å². The molecule has 0 fully saturated rings. The van der Waals surface area contributed by atoms with Crippen molar-refractivity contribution in [3.05, 3.63) is 29.3 Å². The number of nitrogens with zero attached hydrogens (tertiary/aromatic N) is 4. The van der Waals surface area contributed by atoms with E-state index < -0.39 is 6.09 Å². The minimum Gasteiger partial charge on any atom is -0.449 e. The number of unbranched alkanes of at least 4 members (excludes halogenated alkanes) is 1. The average molecular weight is 320 g/mol. The first kappa shape index (κ1) is 14.5. The molecule has 0 spiro atoms. The number of carbonyl (C=O) groups is 1. The van der Waals surface area contributed by atoms with Crippen LogP contribution in [0.5, 0.6) is 0 Å². The quantitative estimate of drug-likeness (QED) is 0.746. The molecule has 1 N–H and O–H groups in total. The molecule has 0 saturated carbocycles. The van der Waals surface area contributed by atoms with Gasteiger partial charge in [-0.1, -0.05) is 31.0 Å². The van der Waals surface area contributed by atoms with Crippen molar-refractivity contribution in [3.8, 4) is 0 Å². The number of rotatable bonds is 4. The maximum Gasteiger partial charge on any atom is 0.411 e. The second-order valence-electron chi connectivity index (χ2n) is 4.79. The van der Waals surface area contributed by atoms with Gasteiger partial charge in [-0.15, -0.1) is 5.10 Å². The molecule has 2 heterocycles. The van der Waals surface area contributed by atoms with E-state index in [1.807, 2.05) is 13.0 Å². The summed E-state index contributed by atoms with van der Waals surface area (Å²) in [6.07, 6.45) is 1.26. The Hall–Kier alpha value is -2.41. The van der Waals surface area contributed by atoms with Crippen LogP contribution in [0.25, 0.3) is 16.6 Å². The van der Waals surface area contributed by atoms with Crippen LogP contribution < -0.4 is 5.32 Å². The van der Waals surface area contributed by atoms with Crippen LogP contribution in [0.15, 0.2) is 24.3 Å². The molecule has 3 aromatic rings. The first-order chi connectivity index (χ1) is 10.7. The number of pyridine rings is 1. The van der Waals surface area contributed by atoms with E-state index in [0.29, 0.717) is 23.0 Å². The molecule has 0 aliphatic heterocycles. The fraction of sp³-hybridized carbons (Fsp3) is 0.286. The lowest BCUT2D eigenvalue weighted by molar-refractivity contribution is 0.160. The zero-order chi connectivity index (χ0) is 15.5. The molecule has 3 rings (SSSR count). The Balaban J connectivity index is 1.96. The fourth-order valence-corrected chi connectivity index (χ4v) is 2.27. The molecule has 1 amide bonds. The Morgan fingerprint density at radius 1 is 1.41 bits per heavy atom. The normalized spacial score (nSPS) is 11.0. The Labute approximate surface area is 131 Å². The predicted octanol–water partition coefficient (Wildman–Crippen LogP) is 3.28. The van der Waals surface area contributed by atoms with E-state index >= 15 is 0 Å². The van der Waals surface area contributed by atoms with Crippen LogP contribution in [0.2, 0.25) is 5.02 Å². The van der Waals surface area contributed by atoms with Crippen LogP contribution in [-0.4, -0.2) is 32.7 Å². The second kappa shape index (κ2) is 6.15. The van der Waals surface area contributed by atoms with Crippen molar-refractivity contribution in [1.82, 2.24) is 20.0 Å². The molecule has 0 atom stereocenters. The lowest BCUT2D eigenvalue weighted by Gasteiger charge is -2.09. The molecule has 0 radical (unpaired) electrons. The molecule has 8 heteroatoms. The first-order valence-corrected chi connectivity index (χ1v) is 7.31. The number of benzene rings is 1. The van der Waals surface area contributed by atoms with E-state index in [0.717, 1.165) is 23.7 Å². The highest BCUT2D eigenvalue weighted by Gasteiger charge is 2.13. The van der Waals surface area contributed by atoms with Gasteiger partial charge in [0.1, 0.15) is 0 Å². The minimum absolute atomic E-state index is 0.382. The first-order valence-electron chi connectivity index (χ1n) is 6.93. The van der Waals surface area contributed by atoms with Crippen molar-refractivity contribution in [1.29, 1.82) is 0 Å². The highest BCUT2D eigenvalue weighted by atomic mass is 35.5. The van der Waals surface area contributed by atoms with Gasteiger partial charge in [-0.3, -0.25) is 5.32 Å². The number of tetrazole rings is 1. The summed E-state index contributed by atoms with van der Waals surface area (Å²) in [6, 6.07) is 7.16. The number of aromatic nitrogens is 4. The van der Waals surface area contributed by atoms with Crippen LogP contribution >= 0.6 is 11.6 Å². The molecule has 0 aliphatic rings. The Kier molecular flexibility index (Phi) is 4.06. The average Bonchev–Trinajstić information content (AvgIpc) is 2.98. The van der Waals surface area contributed by atoms with Crippen molar-refractivity contribution in [2.45, 2.75) is 19.8 Å². The summed E-state index contributed by atoms with van der Waals surface area (Å²) < 4.78 is 6.62. The van der Waals surface area contributed by atoms with Gasteiger partial charge in [-0.25, -0.2) is 4.79 Å². The summed E-state index contributed by atoms with van der Waals surface area (Å²) in [5, 5.41) is 15.6. The van der Waals surface area contributed by atoms with Crippen molar-refractivity contribution < 1.29 is 9.53 Å². The van der Waals surface area contributed by atoms with E-state index in [-0.39, 0.29) is 0 Å². The molecular formula is C14H14ClN5O2. The third kappa shape index (κ3) is 2.80. The van der Waals surface area contributed by atoms with Crippen LogP contribution in [-0.2, 0) is 4.74 Å². The van der Waals surface area contributed by atoms with Crippen molar-refractivity contribution in [2.75, 3.05) is 11.9 Å². The van der Waals surface area contributed by atoms with Gasteiger partial charge in [-0.2, -0.15) is 4.52 Å².